The molecule has 0 radical (unpaired) electrons. The van der Waals surface area contributed by atoms with Crippen molar-refractivity contribution < 1.29 is 35.3 Å². The molecule has 0 amide bonds. The van der Waals surface area contributed by atoms with Crippen molar-refractivity contribution in [3.8, 4) is 11.5 Å². The second-order valence-corrected chi connectivity index (χ2v) is 8.49. The zero-order chi connectivity index (χ0) is 23.1. The van der Waals surface area contributed by atoms with Crippen LogP contribution in [0.5, 0.6) is 11.5 Å². The molecule has 6 nitrogen and oxygen atoms in total. The lowest BCUT2D eigenvalue weighted by atomic mass is 9.84. The molecule has 0 spiro atoms. The monoisotopic (exact) mass is 463 g/mol. The molecule has 1 aliphatic heterocycles. The number of carbonyl (C=O) groups excluding carboxylic acids is 1. The van der Waals surface area contributed by atoms with Crippen LogP contribution in [-0.4, -0.2) is 26.9 Å². The number of anilines is 2. The highest BCUT2D eigenvalue weighted by atomic mass is 32.2. The normalized spacial score (nSPS) is 15.5. The molecule has 1 aliphatic rings. The molecule has 3 aromatic rings. The highest BCUT2D eigenvalue weighted by molar-refractivity contribution is 7.88. The predicted molar refractivity (Wildman–Crippen MR) is 110 cm³/mol. The number of hydrogen-bond donors (Lipinski definition) is 0. The molecule has 166 valence electrons. The van der Waals surface area contributed by atoms with E-state index in [1.807, 2.05) is 0 Å². The van der Waals surface area contributed by atoms with Gasteiger partial charge >= 0.3 is 21.6 Å². The Morgan fingerprint density at radius 2 is 1.53 bits per heavy atom. The average molecular weight is 463 g/mol. The number of hydrogen-bond acceptors (Lipinski definition) is 6. The highest BCUT2D eigenvalue weighted by Gasteiger charge is 2.49. The predicted octanol–water partition coefficient (Wildman–Crippen LogP) is 4.73. The summed E-state index contributed by atoms with van der Waals surface area (Å²) in [5, 5.41) is 0. The van der Waals surface area contributed by atoms with Crippen LogP contribution in [-0.2, 0) is 14.9 Å². The van der Waals surface area contributed by atoms with Crippen molar-refractivity contribution >= 4 is 27.5 Å². The quantitative estimate of drug-likeness (QED) is 0.241. The third kappa shape index (κ3) is 3.77. The Morgan fingerprint density at radius 3 is 2.22 bits per heavy atom. The molecule has 0 aliphatic carbocycles. The Hall–Kier alpha value is -3.53. The van der Waals surface area contributed by atoms with E-state index in [9.17, 15) is 26.4 Å². The van der Waals surface area contributed by atoms with Gasteiger partial charge < -0.3 is 13.8 Å². The molecule has 1 unspecified atom stereocenters. The summed E-state index contributed by atoms with van der Waals surface area (Å²) in [6.45, 7) is 0. The summed E-state index contributed by atoms with van der Waals surface area (Å²) in [4.78, 5) is 14.9. The number of para-hydroxylation sites is 2. The molecule has 0 saturated heterocycles. The van der Waals surface area contributed by atoms with E-state index < -0.39 is 33.3 Å². The first-order chi connectivity index (χ1) is 15.1. The number of fused-ring (bicyclic) bond motifs is 2. The Bertz CT molecular complexity index is 1280. The van der Waals surface area contributed by atoms with Gasteiger partial charge in [-0.15, -0.1) is 0 Å². The summed E-state index contributed by atoms with van der Waals surface area (Å²) in [6.07, 6.45) is 0. The molecule has 32 heavy (non-hydrogen) atoms. The van der Waals surface area contributed by atoms with Gasteiger partial charge in [0.05, 0.1) is 0 Å². The highest BCUT2D eigenvalue weighted by Crippen LogP contribution is 2.49. The summed E-state index contributed by atoms with van der Waals surface area (Å²) in [6, 6.07) is 18.9. The van der Waals surface area contributed by atoms with E-state index in [4.69, 9.17) is 4.74 Å². The van der Waals surface area contributed by atoms with E-state index >= 15 is 0 Å². The number of alkyl halides is 3. The van der Waals surface area contributed by atoms with Crippen LogP contribution in [0.4, 0.5) is 24.5 Å². The van der Waals surface area contributed by atoms with Crippen LogP contribution in [0.3, 0.4) is 0 Å². The standard InChI is InChI=1S/C22H16F3NO5S/c1-26-16-11-6-5-10-15(16)19(21(27)30-14-8-3-2-4-9-14)20-17(26)12-7-13-18(20)31-32(28,29)22(23,24)25/h2-13,19H,1H3. The van der Waals surface area contributed by atoms with Gasteiger partial charge in [0, 0.05) is 24.0 Å². The molecule has 0 saturated carbocycles. The average Bonchev–Trinajstić information content (AvgIpc) is 2.74. The van der Waals surface area contributed by atoms with E-state index in [0.717, 1.165) is 6.07 Å². The summed E-state index contributed by atoms with van der Waals surface area (Å²) in [5.74, 6) is -2.39. The fraction of sp³-hybridized carbons (Fsp3) is 0.136. The zero-order valence-corrected chi connectivity index (χ0v) is 17.4. The van der Waals surface area contributed by atoms with Gasteiger partial charge in [-0.25, -0.2) is 0 Å². The van der Waals surface area contributed by atoms with Crippen molar-refractivity contribution in [2.24, 2.45) is 0 Å². The van der Waals surface area contributed by atoms with Crippen LogP contribution < -0.4 is 13.8 Å². The minimum absolute atomic E-state index is 0.0394. The molecule has 0 fully saturated rings. The third-order valence-corrected chi connectivity index (χ3v) is 5.95. The van der Waals surface area contributed by atoms with Crippen molar-refractivity contribution in [1.82, 2.24) is 0 Å². The Morgan fingerprint density at radius 1 is 0.906 bits per heavy atom. The number of esters is 1. The van der Waals surface area contributed by atoms with E-state index in [1.54, 1.807) is 72.6 Å². The van der Waals surface area contributed by atoms with Gasteiger partial charge in [-0.1, -0.05) is 42.5 Å². The topological polar surface area (TPSA) is 72.9 Å². The Balaban J connectivity index is 1.88. The van der Waals surface area contributed by atoms with Crippen molar-refractivity contribution in [2.75, 3.05) is 11.9 Å². The van der Waals surface area contributed by atoms with Gasteiger partial charge in [0.15, 0.2) is 0 Å². The second-order valence-electron chi connectivity index (χ2n) is 6.96. The van der Waals surface area contributed by atoms with E-state index in [1.165, 1.54) is 6.07 Å². The maximum Gasteiger partial charge on any atom is 0.534 e. The van der Waals surface area contributed by atoms with Crippen molar-refractivity contribution in [1.29, 1.82) is 0 Å². The van der Waals surface area contributed by atoms with E-state index in [2.05, 4.69) is 4.18 Å². The molecule has 4 rings (SSSR count). The third-order valence-electron chi connectivity index (χ3n) is 4.98. The fourth-order valence-electron chi connectivity index (χ4n) is 3.58. The summed E-state index contributed by atoms with van der Waals surface area (Å²) >= 11 is 0. The van der Waals surface area contributed by atoms with Crippen LogP contribution in [0.1, 0.15) is 17.0 Å². The summed E-state index contributed by atoms with van der Waals surface area (Å²) < 4.78 is 72.4. The Labute approximate surface area is 181 Å². The van der Waals surface area contributed by atoms with E-state index in [-0.39, 0.29) is 11.3 Å². The lowest BCUT2D eigenvalue weighted by Crippen LogP contribution is -2.31. The number of rotatable bonds is 4. The molecule has 0 bridgehead atoms. The van der Waals surface area contributed by atoms with Crippen LogP contribution in [0, 0.1) is 0 Å². The zero-order valence-electron chi connectivity index (χ0n) is 16.5. The smallest absolute Gasteiger partial charge is 0.426 e. The van der Waals surface area contributed by atoms with Gasteiger partial charge in [0.25, 0.3) is 0 Å². The van der Waals surface area contributed by atoms with Gasteiger partial charge in [-0.2, -0.15) is 21.6 Å². The molecular weight excluding hydrogens is 447 g/mol. The largest absolute Gasteiger partial charge is 0.534 e. The maximum atomic E-state index is 13.2. The number of nitrogens with zero attached hydrogens (tertiary/aromatic N) is 1. The number of ether oxygens (including phenoxy) is 1. The van der Waals surface area contributed by atoms with Crippen molar-refractivity contribution in [2.45, 2.75) is 11.4 Å². The molecular formula is C22H16F3NO5S. The maximum absolute atomic E-state index is 13.2. The molecule has 3 aromatic carbocycles. The molecule has 1 heterocycles. The second kappa shape index (κ2) is 7.86. The number of carbonyl (C=O) groups is 1. The first kappa shape index (κ1) is 21.7. The Kier molecular flexibility index (Phi) is 5.33. The summed E-state index contributed by atoms with van der Waals surface area (Å²) in [5.41, 5.74) is -4.31. The minimum atomic E-state index is -5.96. The van der Waals surface area contributed by atoms with Crippen LogP contribution in [0.25, 0.3) is 0 Å². The SMILES string of the molecule is CN1c2ccccc2C(C(=O)Oc2ccccc2)c2c(OS(=O)(=O)C(F)(F)F)cccc21. The van der Waals surface area contributed by atoms with Crippen molar-refractivity contribution in [3.63, 3.8) is 0 Å². The van der Waals surface area contributed by atoms with E-state index in [0.29, 0.717) is 16.9 Å². The molecule has 10 heteroatoms. The lowest BCUT2D eigenvalue weighted by molar-refractivity contribution is -0.135. The van der Waals surface area contributed by atoms with Gasteiger partial charge in [-0.3, -0.25) is 4.79 Å². The van der Waals surface area contributed by atoms with Crippen molar-refractivity contribution in [3.05, 3.63) is 83.9 Å². The lowest BCUT2D eigenvalue weighted by Gasteiger charge is -2.35. The van der Waals surface area contributed by atoms with Crippen LogP contribution in [0.15, 0.2) is 72.8 Å². The number of benzene rings is 3. The fourth-order valence-corrected chi connectivity index (χ4v) is 4.06. The number of halogens is 3. The minimum Gasteiger partial charge on any atom is -0.426 e. The molecule has 1 atom stereocenters. The van der Waals surface area contributed by atoms with Gasteiger partial charge in [0.2, 0.25) is 0 Å². The molecule has 0 aromatic heterocycles. The summed E-state index contributed by atoms with van der Waals surface area (Å²) in [7, 11) is -4.31. The first-order valence-corrected chi connectivity index (χ1v) is 10.7. The van der Waals surface area contributed by atoms with Gasteiger partial charge in [-0.05, 0) is 35.9 Å². The first-order valence-electron chi connectivity index (χ1n) is 9.33. The van der Waals surface area contributed by atoms with Crippen LogP contribution in [0.2, 0.25) is 0 Å². The van der Waals surface area contributed by atoms with Gasteiger partial charge in [0.1, 0.15) is 17.4 Å². The molecule has 0 N–H and O–H groups in total. The van der Waals surface area contributed by atoms with Crippen LogP contribution >= 0.6 is 0 Å².